The van der Waals surface area contributed by atoms with E-state index >= 15 is 0 Å². The molecule has 6 N–H and O–H groups in total. The number of urea groups is 1. The van der Waals surface area contributed by atoms with Gasteiger partial charge in [-0.15, -0.1) is 0 Å². The van der Waals surface area contributed by atoms with Gasteiger partial charge in [0.25, 0.3) is 11.8 Å². The number of fused-ring (bicyclic) bond motifs is 1. The van der Waals surface area contributed by atoms with Gasteiger partial charge in [-0.2, -0.15) is 0 Å². The van der Waals surface area contributed by atoms with Crippen molar-refractivity contribution in [3.8, 4) is 5.75 Å². The third-order valence-corrected chi connectivity index (χ3v) is 8.34. The van der Waals surface area contributed by atoms with E-state index < -0.39 is 12.1 Å². The van der Waals surface area contributed by atoms with E-state index in [1.54, 1.807) is 59.5 Å². The topological polar surface area (TPSA) is 149 Å². The molecule has 11 nitrogen and oxygen atoms in total. The molecular formula is C37H42N6O5. The second-order valence-electron chi connectivity index (χ2n) is 12.2. The average Bonchev–Trinajstić information content (AvgIpc) is 3.08. The van der Waals surface area contributed by atoms with Gasteiger partial charge in [0.2, 0.25) is 0 Å². The van der Waals surface area contributed by atoms with E-state index in [0.29, 0.717) is 53.5 Å². The highest BCUT2D eigenvalue weighted by Gasteiger charge is 2.34. The Balaban J connectivity index is 1.33. The molecule has 4 aromatic rings. The number of benzene rings is 4. The smallest absolute Gasteiger partial charge is 0.323 e. The van der Waals surface area contributed by atoms with Crippen LogP contribution in [0.25, 0.3) is 0 Å². The molecule has 1 aliphatic heterocycles. The van der Waals surface area contributed by atoms with Gasteiger partial charge in [0, 0.05) is 36.8 Å². The summed E-state index contributed by atoms with van der Waals surface area (Å²) in [6, 6.07) is 27.7. The fraction of sp³-hybridized carbons (Fsp3) is 0.270. The minimum atomic E-state index is -0.473. The first kappa shape index (κ1) is 34.0. The van der Waals surface area contributed by atoms with E-state index in [9.17, 15) is 19.5 Å². The van der Waals surface area contributed by atoms with E-state index in [1.165, 1.54) is 0 Å². The summed E-state index contributed by atoms with van der Waals surface area (Å²) in [5.41, 5.74) is 9.82. The maximum Gasteiger partial charge on any atom is 0.323 e. The molecule has 0 aromatic heterocycles. The van der Waals surface area contributed by atoms with Gasteiger partial charge in [-0.25, -0.2) is 4.79 Å². The Morgan fingerprint density at radius 3 is 2.33 bits per heavy atom. The molecule has 11 heteroatoms. The van der Waals surface area contributed by atoms with Gasteiger partial charge in [0.1, 0.15) is 6.10 Å². The summed E-state index contributed by atoms with van der Waals surface area (Å²) in [7, 11) is 1.98. The molecule has 1 aliphatic rings. The number of nitrogens with one attached hydrogen (secondary N) is 3. The molecule has 0 unspecified atom stereocenters. The molecule has 5 rings (SSSR count). The molecule has 0 spiro atoms. The van der Waals surface area contributed by atoms with Crippen LogP contribution >= 0.6 is 0 Å². The van der Waals surface area contributed by atoms with Crippen LogP contribution in [0.2, 0.25) is 0 Å². The number of ether oxygens (including phenoxy) is 1. The second-order valence-corrected chi connectivity index (χ2v) is 12.2. The second kappa shape index (κ2) is 15.5. The standard InChI is InChI=1S/C37H42N6O5/c1-24-20-43(25(2)23-44)36(46)29-12-9-15-32(41-37(47)39-28-10-5-4-6-11-28)34(29)48-33(24)22-42(3)21-26-16-18-27(19-17-26)35(45)40-31-14-8-7-13-30(31)38/h4-19,24-25,33,44H,20-23,38H2,1-3H3,(H,40,45)(H2,39,41,47)/t24-,25+,33+/m1/s1. The molecule has 48 heavy (non-hydrogen) atoms. The molecule has 0 radical (unpaired) electrons. The van der Waals surface area contributed by atoms with Gasteiger partial charge in [0.15, 0.2) is 5.75 Å². The maximum absolute atomic E-state index is 13.8. The largest absolute Gasteiger partial charge is 0.486 e. The van der Waals surface area contributed by atoms with Crippen LogP contribution in [0.5, 0.6) is 5.75 Å². The highest BCUT2D eigenvalue weighted by molar-refractivity contribution is 6.06. The minimum absolute atomic E-state index is 0.124. The average molecular weight is 651 g/mol. The van der Waals surface area contributed by atoms with Crippen LogP contribution in [0.3, 0.4) is 0 Å². The number of anilines is 4. The number of rotatable bonds is 10. The molecule has 0 fully saturated rings. The summed E-state index contributed by atoms with van der Waals surface area (Å²) in [6.45, 7) is 5.07. The number of nitrogens with two attached hydrogens (primary N) is 1. The number of aliphatic hydroxyl groups excluding tert-OH is 1. The first-order valence-corrected chi connectivity index (χ1v) is 15.9. The van der Waals surface area contributed by atoms with Gasteiger partial charge < -0.3 is 36.4 Å². The van der Waals surface area contributed by atoms with E-state index in [2.05, 4.69) is 20.9 Å². The van der Waals surface area contributed by atoms with Crippen LogP contribution in [-0.4, -0.2) is 71.6 Å². The number of amides is 4. The molecule has 0 aliphatic carbocycles. The van der Waals surface area contributed by atoms with Crippen molar-refractivity contribution in [2.24, 2.45) is 5.92 Å². The zero-order chi connectivity index (χ0) is 34.2. The number of hydrogen-bond donors (Lipinski definition) is 5. The Labute approximate surface area is 280 Å². The van der Waals surface area contributed by atoms with Crippen LogP contribution < -0.4 is 26.4 Å². The molecule has 0 saturated heterocycles. The summed E-state index contributed by atoms with van der Waals surface area (Å²) >= 11 is 0. The van der Waals surface area contributed by atoms with E-state index in [4.69, 9.17) is 10.5 Å². The summed E-state index contributed by atoms with van der Waals surface area (Å²) in [5.74, 6) is -0.376. The monoisotopic (exact) mass is 650 g/mol. The van der Waals surface area contributed by atoms with Crippen molar-refractivity contribution in [3.63, 3.8) is 0 Å². The Morgan fingerprint density at radius 2 is 1.62 bits per heavy atom. The quantitative estimate of drug-likeness (QED) is 0.142. The van der Waals surface area contributed by atoms with Crippen molar-refractivity contribution in [2.45, 2.75) is 32.5 Å². The lowest BCUT2D eigenvalue weighted by atomic mass is 9.98. The number of likely N-dealkylation sites (N-methyl/N-ethyl adjacent to an activating group) is 1. The van der Waals surface area contributed by atoms with Gasteiger partial charge in [-0.3, -0.25) is 14.5 Å². The Bertz CT molecular complexity index is 1730. The van der Waals surface area contributed by atoms with Crippen LogP contribution in [-0.2, 0) is 6.54 Å². The van der Waals surface area contributed by atoms with Gasteiger partial charge in [0.05, 0.1) is 35.3 Å². The summed E-state index contributed by atoms with van der Waals surface area (Å²) in [4.78, 5) is 43.3. The van der Waals surface area contributed by atoms with Crippen molar-refractivity contribution in [3.05, 3.63) is 114 Å². The molecule has 250 valence electrons. The fourth-order valence-corrected chi connectivity index (χ4v) is 5.62. The van der Waals surface area contributed by atoms with Crippen LogP contribution in [0.4, 0.5) is 27.5 Å². The number of nitrogens with zero attached hydrogens (tertiary/aromatic N) is 2. The summed E-state index contributed by atoms with van der Waals surface area (Å²) in [5, 5.41) is 18.5. The summed E-state index contributed by atoms with van der Waals surface area (Å²) in [6.07, 6.45) is -0.378. The predicted octanol–water partition coefficient (Wildman–Crippen LogP) is 5.52. The fourth-order valence-electron chi connectivity index (χ4n) is 5.62. The zero-order valence-electron chi connectivity index (χ0n) is 27.4. The SMILES string of the molecule is C[C@@H]1CN([C@@H](C)CO)C(=O)c2cccc(NC(=O)Nc3ccccc3)c2O[C@H]1CN(C)Cc1ccc(C(=O)Nc2ccccc2N)cc1. The molecule has 4 aromatic carbocycles. The van der Waals surface area contributed by atoms with Crippen molar-refractivity contribution in [1.82, 2.24) is 9.80 Å². The van der Waals surface area contributed by atoms with E-state index in [0.717, 1.165) is 5.56 Å². The Morgan fingerprint density at radius 1 is 0.938 bits per heavy atom. The highest BCUT2D eigenvalue weighted by Crippen LogP contribution is 2.35. The predicted molar refractivity (Wildman–Crippen MR) is 188 cm³/mol. The lowest BCUT2D eigenvalue weighted by Gasteiger charge is -2.38. The molecule has 0 saturated carbocycles. The number of hydrogen-bond acceptors (Lipinski definition) is 7. The van der Waals surface area contributed by atoms with Crippen molar-refractivity contribution in [2.75, 3.05) is 48.4 Å². The van der Waals surface area contributed by atoms with E-state index in [1.807, 2.05) is 63.4 Å². The highest BCUT2D eigenvalue weighted by atomic mass is 16.5. The van der Waals surface area contributed by atoms with Gasteiger partial charge in [-0.05, 0) is 68.1 Å². The number of para-hydroxylation sites is 4. The Kier molecular flexibility index (Phi) is 10.9. The molecular weight excluding hydrogens is 608 g/mol. The maximum atomic E-state index is 13.8. The third-order valence-electron chi connectivity index (χ3n) is 8.34. The number of carbonyl (C=O) groups excluding carboxylic acids is 3. The molecule has 0 bridgehead atoms. The normalized spacial score (nSPS) is 16.6. The van der Waals surface area contributed by atoms with Crippen LogP contribution in [0.15, 0.2) is 97.1 Å². The van der Waals surface area contributed by atoms with Crippen molar-refractivity contribution in [1.29, 1.82) is 0 Å². The van der Waals surface area contributed by atoms with Crippen molar-refractivity contribution < 1.29 is 24.2 Å². The first-order valence-electron chi connectivity index (χ1n) is 15.9. The van der Waals surface area contributed by atoms with Crippen LogP contribution in [0.1, 0.15) is 40.1 Å². The van der Waals surface area contributed by atoms with Crippen LogP contribution in [0, 0.1) is 5.92 Å². The third kappa shape index (κ3) is 8.30. The number of nitrogen functional groups attached to an aromatic ring is 1. The van der Waals surface area contributed by atoms with Gasteiger partial charge >= 0.3 is 6.03 Å². The lowest BCUT2D eigenvalue weighted by Crippen LogP contribution is -2.49. The minimum Gasteiger partial charge on any atom is -0.486 e. The first-order chi connectivity index (χ1) is 23.1. The number of aliphatic hydroxyl groups is 1. The molecule has 4 amide bonds. The lowest BCUT2D eigenvalue weighted by molar-refractivity contribution is 0.0343. The van der Waals surface area contributed by atoms with E-state index in [-0.39, 0.29) is 36.2 Å². The van der Waals surface area contributed by atoms with Crippen molar-refractivity contribution >= 4 is 40.6 Å². The molecule has 1 heterocycles. The van der Waals surface area contributed by atoms with Gasteiger partial charge in [-0.1, -0.05) is 55.5 Å². The number of carbonyl (C=O) groups is 3. The molecule has 3 atom stereocenters. The zero-order valence-corrected chi connectivity index (χ0v) is 27.4. The summed E-state index contributed by atoms with van der Waals surface area (Å²) < 4.78 is 6.63. The Hall–Kier alpha value is -5.39.